The number of carbonyl (C=O) groups excluding carboxylic acids is 1. The number of ketones is 1. The Morgan fingerprint density at radius 3 is 3.00 bits per heavy atom. The molecule has 4 nitrogen and oxygen atoms in total. The summed E-state index contributed by atoms with van der Waals surface area (Å²) in [6, 6.07) is 3.58. The van der Waals surface area contributed by atoms with Crippen LogP contribution in [-0.4, -0.2) is 27.7 Å². The Kier molecular flexibility index (Phi) is 2.16. The van der Waals surface area contributed by atoms with Crippen LogP contribution in [0.1, 0.15) is 36.8 Å². The third-order valence-corrected chi connectivity index (χ3v) is 6.34. The summed E-state index contributed by atoms with van der Waals surface area (Å²) in [6.45, 7) is 0. The number of aromatic hydroxyl groups is 1. The number of ether oxygens (including phenoxy) is 1. The van der Waals surface area contributed by atoms with E-state index in [-0.39, 0.29) is 17.5 Å². The molecule has 4 unspecified atom stereocenters. The Labute approximate surface area is 128 Å². The zero-order chi connectivity index (χ0) is 15.1. The molecule has 4 aliphatic rings. The summed E-state index contributed by atoms with van der Waals surface area (Å²) in [7, 11) is 0. The highest BCUT2D eigenvalue weighted by atomic mass is 16.5. The van der Waals surface area contributed by atoms with Crippen molar-refractivity contribution in [2.75, 3.05) is 0 Å². The van der Waals surface area contributed by atoms with Gasteiger partial charge in [-0.2, -0.15) is 0 Å². The minimum absolute atomic E-state index is 0.0710. The largest absolute Gasteiger partial charge is 0.504 e. The summed E-state index contributed by atoms with van der Waals surface area (Å²) in [5, 5.41) is 21.8. The van der Waals surface area contributed by atoms with Gasteiger partial charge in [0.1, 0.15) is 0 Å². The van der Waals surface area contributed by atoms with Crippen molar-refractivity contribution in [2.24, 2.45) is 5.92 Å². The number of benzene rings is 1. The van der Waals surface area contributed by atoms with Crippen LogP contribution in [0.5, 0.6) is 11.5 Å². The summed E-state index contributed by atoms with van der Waals surface area (Å²) >= 11 is 0. The first-order valence-electron chi connectivity index (χ1n) is 8.05. The van der Waals surface area contributed by atoms with Crippen molar-refractivity contribution in [1.29, 1.82) is 0 Å². The summed E-state index contributed by atoms with van der Waals surface area (Å²) in [4.78, 5) is 12.5. The first-order valence-corrected chi connectivity index (χ1v) is 8.05. The molecular formula is C18H18O4. The topological polar surface area (TPSA) is 66.8 Å². The first-order chi connectivity index (χ1) is 10.6. The Bertz CT molecular complexity index is 737. The Morgan fingerprint density at radius 2 is 2.14 bits per heavy atom. The van der Waals surface area contributed by atoms with Crippen molar-refractivity contribution in [2.45, 2.75) is 49.2 Å². The third kappa shape index (κ3) is 1.16. The van der Waals surface area contributed by atoms with Gasteiger partial charge in [0, 0.05) is 5.56 Å². The normalized spacial score (nSPS) is 40.9. The molecule has 1 fully saturated rings. The van der Waals surface area contributed by atoms with E-state index >= 15 is 0 Å². The van der Waals surface area contributed by atoms with E-state index in [0.717, 1.165) is 43.2 Å². The van der Waals surface area contributed by atoms with Crippen molar-refractivity contribution < 1.29 is 19.7 Å². The minimum atomic E-state index is -1.05. The van der Waals surface area contributed by atoms with Crippen molar-refractivity contribution >= 4 is 5.78 Å². The van der Waals surface area contributed by atoms with E-state index in [2.05, 4.69) is 0 Å². The van der Waals surface area contributed by atoms with Crippen LogP contribution < -0.4 is 4.74 Å². The van der Waals surface area contributed by atoms with E-state index in [0.29, 0.717) is 5.75 Å². The van der Waals surface area contributed by atoms with E-state index in [9.17, 15) is 15.0 Å². The Hall–Kier alpha value is -1.81. The number of phenolic OH excluding ortho intramolecular Hbond substituents is 1. The van der Waals surface area contributed by atoms with Gasteiger partial charge >= 0.3 is 0 Å². The molecule has 2 bridgehead atoms. The van der Waals surface area contributed by atoms with Gasteiger partial charge in [-0.1, -0.05) is 12.5 Å². The molecular weight excluding hydrogens is 280 g/mol. The number of hydrogen-bond donors (Lipinski definition) is 2. The molecule has 0 radical (unpaired) electrons. The maximum Gasteiger partial charge on any atom is 0.196 e. The summed E-state index contributed by atoms with van der Waals surface area (Å²) in [5.41, 5.74) is 0.233. The van der Waals surface area contributed by atoms with Crippen LogP contribution in [0.15, 0.2) is 24.3 Å². The van der Waals surface area contributed by atoms with Gasteiger partial charge in [-0.15, -0.1) is 0 Å². The SMILES string of the molecule is O=C1C=CC2(O)C3CCCC24c2c(ccc(O)c2OC14)CC3. The second-order valence-electron chi connectivity index (χ2n) is 7.11. The van der Waals surface area contributed by atoms with Crippen LogP contribution in [0.3, 0.4) is 0 Å². The molecule has 1 spiro atoms. The predicted molar refractivity (Wildman–Crippen MR) is 79.0 cm³/mol. The zero-order valence-corrected chi connectivity index (χ0v) is 12.2. The first kappa shape index (κ1) is 12.7. The number of phenols is 1. The molecule has 0 aromatic heterocycles. The van der Waals surface area contributed by atoms with Crippen molar-refractivity contribution in [3.05, 3.63) is 35.4 Å². The highest BCUT2D eigenvalue weighted by molar-refractivity contribution is 5.98. The van der Waals surface area contributed by atoms with Gasteiger partial charge in [0.15, 0.2) is 23.4 Å². The fourth-order valence-corrected chi connectivity index (χ4v) is 5.43. The van der Waals surface area contributed by atoms with E-state index in [1.54, 1.807) is 12.1 Å². The van der Waals surface area contributed by atoms with Gasteiger partial charge in [0.25, 0.3) is 0 Å². The Morgan fingerprint density at radius 1 is 1.27 bits per heavy atom. The van der Waals surface area contributed by atoms with Crippen molar-refractivity contribution in [3.8, 4) is 11.5 Å². The number of aliphatic hydroxyl groups is 1. The molecule has 2 N–H and O–H groups in total. The zero-order valence-electron chi connectivity index (χ0n) is 12.2. The molecule has 1 heterocycles. The number of hydrogen-bond acceptors (Lipinski definition) is 4. The fourth-order valence-electron chi connectivity index (χ4n) is 5.43. The van der Waals surface area contributed by atoms with Gasteiger partial charge < -0.3 is 14.9 Å². The third-order valence-electron chi connectivity index (χ3n) is 6.34. The number of rotatable bonds is 0. The van der Waals surface area contributed by atoms with Crippen LogP contribution in [-0.2, 0) is 16.6 Å². The average molecular weight is 298 g/mol. The van der Waals surface area contributed by atoms with Gasteiger partial charge in [-0.25, -0.2) is 0 Å². The maximum absolute atomic E-state index is 12.5. The lowest BCUT2D eigenvalue weighted by atomic mass is 9.52. The molecule has 1 aliphatic heterocycles. The molecule has 1 aromatic carbocycles. The van der Waals surface area contributed by atoms with Crippen molar-refractivity contribution in [3.63, 3.8) is 0 Å². The summed E-state index contributed by atoms with van der Waals surface area (Å²) < 4.78 is 5.93. The lowest BCUT2D eigenvalue weighted by Gasteiger charge is -2.53. The van der Waals surface area contributed by atoms with Crippen molar-refractivity contribution in [1.82, 2.24) is 0 Å². The molecule has 4 heteroatoms. The average Bonchev–Trinajstić information content (AvgIpc) is 2.85. The van der Waals surface area contributed by atoms with E-state index in [1.165, 1.54) is 6.08 Å². The van der Waals surface area contributed by atoms with Crippen LogP contribution in [0.25, 0.3) is 0 Å². The highest BCUT2D eigenvalue weighted by Gasteiger charge is 2.69. The smallest absolute Gasteiger partial charge is 0.196 e. The molecule has 1 aromatic rings. The number of aryl methyl sites for hydroxylation is 1. The minimum Gasteiger partial charge on any atom is -0.504 e. The van der Waals surface area contributed by atoms with Crippen LogP contribution in [0.2, 0.25) is 0 Å². The molecule has 0 saturated heterocycles. The highest BCUT2D eigenvalue weighted by Crippen LogP contribution is 2.64. The van der Waals surface area contributed by atoms with E-state index in [4.69, 9.17) is 4.74 Å². The molecule has 4 atom stereocenters. The van der Waals surface area contributed by atoms with Gasteiger partial charge in [-0.3, -0.25) is 4.79 Å². The van der Waals surface area contributed by atoms with E-state index < -0.39 is 17.1 Å². The fraction of sp³-hybridized carbons (Fsp3) is 0.500. The molecule has 114 valence electrons. The molecule has 1 saturated carbocycles. The summed E-state index contributed by atoms with van der Waals surface area (Å²) in [6.07, 6.45) is 6.93. The van der Waals surface area contributed by atoms with E-state index in [1.807, 2.05) is 6.07 Å². The molecule has 5 rings (SSSR count). The molecule has 0 amide bonds. The van der Waals surface area contributed by atoms with Gasteiger partial charge in [0.2, 0.25) is 0 Å². The standard InChI is InChI=1S/C18H18O4/c19-12-6-4-10-3-5-11-2-1-8-17-14(10)15(12)22-16(17)13(20)7-9-18(11,17)21/h4,6-7,9,11,16,19,21H,1-3,5,8H2. The quantitative estimate of drug-likeness (QED) is 0.769. The number of carbonyl (C=O) groups is 1. The second kappa shape index (κ2) is 3.74. The second-order valence-corrected chi connectivity index (χ2v) is 7.11. The lowest BCUT2D eigenvalue weighted by Crippen LogP contribution is -2.65. The summed E-state index contributed by atoms with van der Waals surface area (Å²) in [5.74, 6) is 0.521. The van der Waals surface area contributed by atoms with Crippen LogP contribution >= 0.6 is 0 Å². The van der Waals surface area contributed by atoms with Crippen LogP contribution in [0.4, 0.5) is 0 Å². The molecule has 22 heavy (non-hydrogen) atoms. The molecule has 3 aliphatic carbocycles. The monoisotopic (exact) mass is 298 g/mol. The van der Waals surface area contributed by atoms with Gasteiger partial charge in [-0.05, 0) is 55.4 Å². The van der Waals surface area contributed by atoms with Crippen LogP contribution in [0, 0.1) is 5.92 Å². The maximum atomic E-state index is 12.5. The lowest BCUT2D eigenvalue weighted by molar-refractivity contribution is -0.142. The predicted octanol–water partition coefficient (Wildman–Crippen LogP) is 2.01. The van der Waals surface area contributed by atoms with Gasteiger partial charge in [0.05, 0.1) is 11.0 Å². The Balaban J connectivity index is 1.92.